The zero-order valence-electron chi connectivity index (χ0n) is 19.7. The van der Waals surface area contributed by atoms with Gasteiger partial charge < -0.3 is 25.0 Å². The molecule has 1 aliphatic heterocycles. The molecule has 1 amide bonds. The lowest BCUT2D eigenvalue weighted by Crippen LogP contribution is -2.47. The lowest BCUT2D eigenvalue weighted by molar-refractivity contribution is -0.272. The van der Waals surface area contributed by atoms with Crippen molar-refractivity contribution in [2.75, 3.05) is 18.5 Å². The van der Waals surface area contributed by atoms with Gasteiger partial charge in [-0.3, -0.25) is 9.78 Å². The number of aromatic nitrogens is 1. The minimum absolute atomic E-state index is 0.0844. The van der Waals surface area contributed by atoms with E-state index in [0.717, 1.165) is 13.0 Å². The van der Waals surface area contributed by atoms with Crippen LogP contribution in [0.15, 0.2) is 30.5 Å². The number of alkyl halides is 3. The summed E-state index contributed by atoms with van der Waals surface area (Å²) in [6, 6.07) is 5.21. The fourth-order valence-electron chi connectivity index (χ4n) is 4.29. The van der Waals surface area contributed by atoms with Crippen LogP contribution >= 0.6 is 0 Å². The maximum atomic E-state index is 14.3. The molecule has 0 aliphatic carbocycles. The fourth-order valence-corrected chi connectivity index (χ4v) is 4.29. The zero-order chi connectivity index (χ0) is 26.1. The second-order valence-electron chi connectivity index (χ2n) is 8.64. The number of aliphatic hydroxyl groups is 2. The van der Waals surface area contributed by atoms with Gasteiger partial charge in [0.1, 0.15) is 23.8 Å². The molecule has 2 heterocycles. The van der Waals surface area contributed by atoms with Gasteiger partial charge in [0.2, 0.25) is 0 Å². The summed E-state index contributed by atoms with van der Waals surface area (Å²) in [5, 5.41) is 21.2. The first-order valence-electron chi connectivity index (χ1n) is 11.1. The number of halogens is 4. The predicted octanol–water partition coefficient (Wildman–Crippen LogP) is 4.03. The van der Waals surface area contributed by atoms with E-state index in [2.05, 4.69) is 10.3 Å². The zero-order valence-corrected chi connectivity index (χ0v) is 19.7. The molecule has 11 heteroatoms. The van der Waals surface area contributed by atoms with Gasteiger partial charge in [-0.15, -0.1) is 0 Å². The van der Waals surface area contributed by atoms with Crippen molar-refractivity contribution in [1.29, 1.82) is 0 Å². The molecule has 5 atom stereocenters. The van der Waals surface area contributed by atoms with Crippen molar-refractivity contribution < 1.29 is 42.0 Å². The molecule has 0 saturated carbocycles. The molecule has 1 saturated heterocycles. The smallest absolute Gasteiger partial charge is 0.417 e. The average molecular weight is 500 g/mol. The van der Waals surface area contributed by atoms with Gasteiger partial charge in [0.25, 0.3) is 5.91 Å². The third-order valence-corrected chi connectivity index (χ3v) is 6.51. The van der Waals surface area contributed by atoms with Crippen LogP contribution in [-0.2, 0) is 9.53 Å². The van der Waals surface area contributed by atoms with Crippen LogP contribution in [0.5, 0.6) is 5.75 Å². The molecule has 1 aromatic heterocycles. The third kappa shape index (κ3) is 4.98. The quantitative estimate of drug-likeness (QED) is 0.497. The number of ether oxygens (including phenoxy) is 2. The van der Waals surface area contributed by atoms with Crippen LogP contribution < -0.4 is 10.1 Å². The molecule has 0 radical (unpaired) electrons. The van der Waals surface area contributed by atoms with Crippen LogP contribution in [0.3, 0.4) is 0 Å². The minimum atomic E-state index is -4.79. The Morgan fingerprint density at radius 1 is 1.31 bits per heavy atom. The van der Waals surface area contributed by atoms with Gasteiger partial charge in [0.05, 0.1) is 30.8 Å². The van der Waals surface area contributed by atoms with Crippen LogP contribution in [0.2, 0.25) is 0 Å². The van der Waals surface area contributed by atoms with E-state index in [9.17, 15) is 27.5 Å². The summed E-state index contributed by atoms with van der Waals surface area (Å²) >= 11 is 0. The van der Waals surface area contributed by atoms with Gasteiger partial charge in [-0.05, 0) is 39.0 Å². The van der Waals surface area contributed by atoms with E-state index in [-0.39, 0.29) is 34.9 Å². The second-order valence-corrected chi connectivity index (χ2v) is 8.64. The number of hydrogen-bond acceptors (Lipinski definition) is 6. The molecule has 4 unspecified atom stereocenters. The molecular weight excluding hydrogens is 472 g/mol. The van der Waals surface area contributed by atoms with Gasteiger partial charge in [0, 0.05) is 23.0 Å². The monoisotopic (exact) mass is 500 g/mol. The average Bonchev–Trinajstić information content (AvgIpc) is 3.09. The minimum Gasteiger partial charge on any atom is -0.493 e. The normalized spacial score (nSPS) is 25.4. The van der Waals surface area contributed by atoms with E-state index >= 15 is 0 Å². The number of anilines is 1. The number of benzene rings is 1. The summed E-state index contributed by atoms with van der Waals surface area (Å²) in [6.45, 7) is 4.94. The lowest BCUT2D eigenvalue weighted by atomic mass is 9.76. The van der Waals surface area contributed by atoms with Crippen molar-refractivity contribution >= 4 is 11.6 Å². The molecular formula is C24H28F4N2O5. The fraction of sp³-hybridized carbons (Fsp3) is 0.500. The summed E-state index contributed by atoms with van der Waals surface area (Å²) in [5.74, 6) is -3.68. The Balaban J connectivity index is 2.02. The van der Waals surface area contributed by atoms with Crippen LogP contribution in [0.1, 0.15) is 49.6 Å². The Bertz CT molecular complexity index is 1060. The number of amides is 1. The van der Waals surface area contributed by atoms with Crippen LogP contribution in [0.25, 0.3) is 0 Å². The molecule has 1 aliphatic rings. The van der Waals surface area contributed by atoms with Gasteiger partial charge >= 0.3 is 6.18 Å². The van der Waals surface area contributed by atoms with Gasteiger partial charge in [-0.25, -0.2) is 4.39 Å². The van der Waals surface area contributed by atoms with Crippen molar-refractivity contribution in [2.45, 2.75) is 57.6 Å². The molecule has 7 nitrogen and oxygen atoms in total. The maximum Gasteiger partial charge on any atom is 0.417 e. The SMILES string of the molecule is CCOc1c(C2C(C(=O)Nc3ccc([C@@H](O)CO)nc3)OC(C)(C(F)(F)F)C2C)ccc(F)c1C. The largest absolute Gasteiger partial charge is 0.493 e. The van der Waals surface area contributed by atoms with Gasteiger partial charge in [-0.2, -0.15) is 13.2 Å². The molecule has 0 bridgehead atoms. The van der Waals surface area contributed by atoms with E-state index in [0.29, 0.717) is 0 Å². The van der Waals surface area contributed by atoms with Gasteiger partial charge in [0.15, 0.2) is 5.60 Å². The number of nitrogens with zero attached hydrogens (tertiary/aromatic N) is 1. The Labute approximate surface area is 200 Å². The van der Waals surface area contributed by atoms with Crippen molar-refractivity contribution in [1.82, 2.24) is 4.98 Å². The van der Waals surface area contributed by atoms with Crippen molar-refractivity contribution in [3.8, 4) is 5.75 Å². The van der Waals surface area contributed by atoms with Crippen molar-refractivity contribution in [2.24, 2.45) is 5.92 Å². The highest BCUT2D eigenvalue weighted by molar-refractivity contribution is 5.95. The molecule has 192 valence electrons. The van der Waals surface area contributed by atoms with E-state index in [1.165, 1.54) is 38.2 Å². The van der Waals surface area contributed by atoms with Gasteiger partial charge in [-0.1, -0.05) is 13.0 Å². The molecule has 2 aromatic rings. The van der Waals surface area contributed by atoms with Crippen LogP contribution in [0.4, 0.5) is 23.2 Å². The molecule has 0 spiro atoms. The van der Waals surface area contributed by atoms with E-state index < -0.39 is 54.2 Å². The van der Waals surface area contributed by atoms with E-state index in [1.807, 2.05) is 0 Å². The lowest BCUT2D eigenvalue weighted by Gasteiger charge is -2.32. The number of pyridine rings is 1. The number of rotatable bonds is 7. The number of nitrogens with one attached hydrogen (secondary N) is 1. The summed E-state index contributed by atoms with van der Waals surface area (Å²) in [5.41, 5.74) is -1.98. The Hall–Kier alpha value is -2.76. The Morgan fingerprint density at radius 2 is 2.00 bits per heavy atom. The first-order valence-corrected chi connectivity index (χ1v) is 11.1. The van der Waals surface area contributed by atoms with Crippen LogP contribution in [-0.4, -0.2) is 52.2 Å². The van der Waals surface area contributed by atoms with E-state index in [4.69, 9.17) is 14.6 Å². The molecule has 1 fully saturated rings. The first-order chi connectivity index (χ1) is 16.4. The highest BCUT2D eigenvalue weighted by atomic mass is 19.4. The standard InChI is InChI=1S/C24H28F4N2O5/c1-5-34-20-12(2)16(25)8-7-15(20)19-13(3)23(4,24(26,27)28)35-21(19)22(33)30-14-6-9-17(29-10-14)18(32)11-31/h6-10,13,18-19,21,31-32H,5,11H2,1-4H3,(H,30,33)/t13?,18-,19?,21?,23?/m0/s1. The molecule has 3 N–H and O–H groups in total. The maximum absolute atomic E-state index is 14.3. The first kappa shape index (κ1) is 26.8. The van der Waals surface area contributed by atoms with Crippen LogP contribution in [0, 0.1) is 18.7 Å². The summed E-state index contributed by atoms with van der Waals surface area (Å²) in [6.07, 6.45) is -6.38. The predicted molar refractivity (Wildman–Crippen MR) is 118 cm³/mol. The molecule has 1 aromatic carbocycles. The topological polar surface area (TPSA) is 101 Å². The van der Waals surface area contributed by atoms with Crippen molar-refractivity contribution in [3.63, 3.8) is 0 Å². The number of carbonyl (C=O) groups excluding carboxylic acids is 1. The Morgan fingerprint density at radius 3 is 2.54 bits per heavy atom. The number of carbonyl (C=O) groups is 1. The second kappa shape index (κ2) is 10.1. The summed E-state index contributed by atoms with van der Waals surface area (Å²) in [4.78, 5) is 17.2. The molecule has 3 rings (SSSR count). The van der Waals surface area contributed by atoms with Crippen molar-refractivity contribution in [3.05, 3.63) is 53.1 Å². The Kier molecular flexibility index (Phi) is 7.73. The number of aliphatic hydroxyl groups excluding tert-OH is 2. The highest BCUT2D eigenvalue weighted by Gasteiger charge is 2.65. The summed E-state index contributed by atoms with van der Waals surface area (Å²) in [7, 11) is 0. The number of hydrogen-bond donors (Lipinski definition) is 3. The summed E-state index contributed by atoms with van der Waals surface area (Å²) < 4.78 is 67.6. The third-order valence-electron chi connectivity index (χ3n) is 6.51. The molecule has 35 heavy (non-hydrogen) atoms. The van der Waals surface area contributed by atoms with E-state index in [1.54, 1.807) is 6.92 Å². The highest BCUT2D eigenvalue weighted by Crippen LogP contribution is 2.55.